The zero-order valence-corrected chi connectivity index (χ0v) is 15.9. The summed E-state index contributed by atoms with van der Waals surface area (Å²) in [5, 5.41) is 2.68. The van der Waals surface area contributed by atoms with Gasteiger partial charge in [0.05, 0.1) is 17.9 Å². The van der Waals surface area contributed by atoms with Crippen LogP contribution in [0.2, 0.25) is 0 Å². The Labute approximate surface area is 152 Å². The highest BCUT2D eigenvalue weighted by Crippen LogP contribution is 2.20. The Kier molecular flexibility index (Phi) is 5.81. The van der Waals surface area contributed by atoms with Crippen LogP contribution in [0.4, 0.5) is 5.69 Å². The van der Waals surface area contributed by atoms with Crippen molar-refractivity contribution in [1.82, 2.24) is 4.31 Å². The molecule has 0 spiro atoms. The third kappa shape index (κ3) is 4.29. The molecule has 1 aromatic carbocycles. The van der Waals surface area contributed by atoms with Gasteiger partial charge in [-0.3, -0.25) is 4.79 Å². The van der Waals surface area contributed by atoms with Crippen LogP contribution in [0.15, 0.2) is 34.4 Å². The first kappa shape index (κ1) is 19.6. The highest BCUT2D eigenvalue weighted by Gasteiger charge is 2.30. The highest BCUT2D eigenvalue weighted by atomic mass is 32.2. The number of esters is 1. The molecule has 2 rings (SSSR count). The Morgan fingerprint density at radius 3 is 2.58 bits per heavy atom. The lowest BCUT2D eigenvalue weighted by Gasteiger charge is -2.23. The summed E-state index contributed by atoms with van der Waals surface area (Å²) >= 11 is 0. The van der Waals surface area contributed by atoms with Crippen molar-refractivity contribution in [1.29, 1.82) is 0 Å². The van der Waals surface area contributed by atoms with Crippen LogP contribution in [0.3, 0.4) is 0 Å². The number of nitrogens with zero attached hydrogens (tertiary/aromatic N) is 2. The van der Waals surface area contributed by atoms with E-state index >= 15 is 0 Å². The summed E-state index contributed by atoms with van der Waals surface area (Å²) in [5.41, 5.74) is 2.51. The molecule has 0 fully saturated rings. The number of hydrogen-bond acceptors (Lipinski definition) is 5. The molecule has 0 aromatic heterocycles. The van der Waals surface area contributed by atoms with Gasteiger partial charge < -0.3 is 10.1 Å². The molecule has 0 saturated carbocycles. The molecule has 8 nitrogen and oxygen atoms in total. The summed E-state index contributed by atoms with van der Waals surface area (Å²) in [6.45, 7) is 6.44. The Morgan fingerprint density at radius 2 is 1.92 bits per heavy atom. The van der Waals surface area contributed by atoms with Crippen molar-refractivity contribution in [3.8, 4) is 0 Å². The number of amides is 1. The molecular weight excluding hydrogens is 358 g/mol. The molecule has 1 heterocycles. The van der Waals surface area contributed by atoms with Crippen molar-refractivity contribution < 1.29 is 22.7 Å². The van der Waals surface area contributed by atoms with Gasteiger partial charge in [-0.25, -0.2) is 9.10 Å². The average molecular weight is 379 g/mol. The lowest BCUT2D eigenvalue weighted by atomic mass is 10.1. The lowest BCUT2D eigenvalue weighted by molar-refractivity contribution is -0.138. The Bertz CT molecular complexity index is 903. The van der Waals surface area contributed by atoms with Gasteiger partial charge in [-0.2, -0.15) is 8.42 Å². The summed E-state index contributed by atoms with van der Waals surface area (Å²) < 4.78 is 33.5. The highest BCUT2D eigenvalue weighted by molar-refractivity contribution is 7.88. The van der Waals surface area contributed by atoms with Gasteiger partial charge in [0.2, 0.25) is 5.91 Å². The van der Waals surface area contributed by atoms with Gasteiger partial charge in [0.1, 0.15) is 6.54 Å². The third-order valence-electron chi connectivity index (χ3n) is 3.89. The van der Waals surface area contributed by atoms with Crippen molar-refractivity contribution >= 4 is 33.5 Å². The van der Waals surface area contributed by atoms with E-state index in [9.17, 15) is 18.0 Å². The van der Waals surface area contributed by atoms with Gasteiger partial charge in [0.15, 0.2) is 0 Å². The van der Waals surface area contributed by atoms with Crippen LogP contribution in [0.25, 0.3) is 0 Å². The van der Waals surface area contributed by atoms with Crippen molar-refractivity contribution in [2.24, 2.45) is 4.40 Å². The maximum absolute atomic E-state index is 12.3. The average Bonchev–Trinajstić information content (AvgIpc) is 2.54. The minimum Gasteiger partial charge on any atom is -0.462 e. The van der Waals surface area contributed by atoms with Crippen LogP contribution in [-0.4, -0.2) is 43.5 Å². The SMILES string of the molecule is CCOC(=O)C1=CN(CC(=O)Nc2cccc(C)c2C)S(=O)(=O)N=C1C. The summed E-state index contributed by atoms with van der Waals surface area (Å²) in [5.74, 6) is -1.24. The molecule has 140 valence electrons. The number of carbonyl (C=O) groups excluding carboxylic acids is 2. The fourth-order valence-corrected chi connectivity index (χ4v) is 3.40. The van der Waals surface area contributed by atoms with E-state index in [0.717, 1.165) is 21.6 Å². The fraction of sp³-hybridized carbons (Fsp3) is 0.353. The first-order chi connectivity index (χ1) is 12.2. The largest absolute Gasteiger partial charge is 0.462 e. The van der Waals surface area contributed by atoms with Crippen LogP contribution >= 0.6 is 0 Å². The van der Waals surface area contributed by atoms with E-state index in [2.05, 4.69) is 9.71 Å². The van der Waals surface area contributed by atoms with E-state index < -0.39 is 28.6 Å². The smallest absolute Gasteiger partial charge is 0.344 e. The molecule has 1 aromatic rings. The monoisotopic (exact) mass is 379 g/mol. The van der Waals surface area contributed by atoms with Crippen LogP contribution < -0.4 is 5.32 Å². The first-order valence-electron chi connectivity index (χ1n) is 7.99. The number of anilines is 1. The Hall–Kier alpha value is -2.68. The number of aryl methyl sites for hydroxylation is 1. The zero-order chi connectivity index (χ0) is 19.5. The molecule has 26 heavy (non-hydrogen) atoms. The lowest BCUT2D eigenvalue weighted by Crippen LogP contribution is -2.37. The minimum absolute atomic E-state index is 0.00112. The molecule has 1 amide bonds. The number of hydrogen-bond donors (Lipinski definition) is 1. The fourth-order valence-electron chi connectivity index (χ4n) is 2.33. The number of rotatable bonds is 5. The second-order valence-electron chi connectivity index (χ2n) is 5.76. The van der Waals surface area contributed by atoms with Gasteiger partial charge in [-0.15, -0.1) is 4.40 Å². The number of benzene rings is 1. The van der Waals surface area contributed by atoms with Crippen molar-refractivity contribution in [3.05, 3.63) is 41.1 Å². The molecule has 0 bridgehead atoms. The molecular formula is C17H21N3O5S. The van der Waals surface area contributed by atoms with E-state index in [1.807, 2.05) is 19.9 Å². The summed E-state index contributed by atoms with van der Waals surface area (Å²) in [7, 11) is -4.08. The summed E-state index contributed by atoms with van der Waals surface area (Å²) in [6, 6.07) is 5.43. The molecule has 0 atom stereocenters. The molecule has 0 aliphatic carbocycles. The van der Waals surface area contributed by atoms with Crippen LogP contribution in [0.5, 0.6) is 0 Å². The minimum atomic E-state index is -4.08. The summed E-state index contributed by atoms with van der Waals surface area (Å²) in [6.07, 6.45) is 1.08. The molecule has 0 radical (unpaired) electrons. The van der Waals surface area contributed by atoms with Crippen molar-refractivity contribution in [2.75, 3.05) is 18.5 Å². The number of carbonyl (C=O) groups is 2. The van der Waals surface area contributed by atoms with Crippen LogP contribution in [0.1, 0.15) is 25.0 Å². The second kappa shape index (κ2) is 7.69. The molecule has 0 unspecified atom stereocenters. The predicted octanol–water partition coefficient (Wildman–Crippen LogP) is 1.71. The maximum Gasteiger partial charge on any atom is 0.344 e. The van der Waals surface area contributed by atoms with E-state index in [1.54, 1.807) is 19.1 Å². The van der Waals surface area contributed by atoms with E-state index in [-0.39, 0.29) is 17.9 Å². The second-order valence-corrected chi connectivity index (χ2v) is 7.31. The Balaban J connectivity index is 2.22. The predicted molar refractivity (Wildman–Crippen MR) is 98.0 cm³/mol. The third-order valence-corrected chi connectivity index (χ3v) is 5.22. The number of ether oxygens (including phenoxy) is 1. The topological polar surface area (TPSA) is 105 Å². The normalized spacial score (nSPS) is 15.8. The van der Waals surface area contributed by atoms with Gasteiger partial charge in [-0.05, 0) is 44.9 Å². The van der Waals surface area contributed by atoms with Crippen molar-refractivity contribution in [2.45, 2.75) is 27.7 Å². The molecule has 0 saturated heterocycles. The maximum atomic E-state index is 12.3. The van der Waals surface area contributed by atoms with E-state index in [0.29, 0.717) is 5.69 Å². The van der Waals surface area contributed by atoms with E-state index in [1.165, 1.54) is 6.92 Å². The standard InChI is InChI=1S/C17H21N3O5S/c1-5-25-17(22)14-9-20(26(23,24)19-13(14)4)10-16(21)18-15-8-6-7-11(2)12(15)3/h6-9H,5,10H2,1-4H3,(H,18,21). The van der Waals surface area contributed by atoms with Gasteiger partial charge in [0.25, 0.3) is 0 Å². The number of nitrogens with one attached hydrogen (secondary N) is 1. The van der Waals surface area contributed by atoms with Crippen molar-refractivity contribution in [3.63, 3.8) is 0 Å². The van der Waals surface area contributed by atoms with Gasteiger partial charge in [-0.1, -0.05) is 12.1 Å². The van der Waals surface area contributed by atoms with Crippen LogP contribution in [-0.2, 0) is 24.5 Å². The molecule has 1 N–H and O–H groups in total. The molecule has 1 aliphatic rings. The van der Waals surface area contributed by atoms with Gasteiger partial charge in [0, 0.05) is 11.9 Å². The molecule has 9 heteroatoms. The first-order valence-corrected chi connectivity index (χ1v) is 9.39. The van der Waals surface area contributed by atoms with Gasteiger partial charge >= 0.3 is 16.2 Å². The van der Waals surface area contributed by atoms with Crippen LogP contribution in [0, 0.1) is 13.8 Å². The zero-order valence-electron chi connectivity index (χ0n) is 15.1. The quantitative estimate of drug-likeness (QED) is 0.784. The molecule has 1 aliphatic heterocycles. The van der Waals surface area contributed by atoms with E-state index in [4.69, 9.17) is 4.74 Å². The Morgan fingerprint density at radius 1 is 1.23 bits per heavy atom. The summed E-state index contributed by atoms with van der Waals surface area (Å²) in [4.78, 5) is 24.2.